The van der Waals surface area contributed by atoms with Crippen LogP contribution in [0.3, 0.4) is 0 Å². The first-order valence-corrected chi connectivity index (χ1v) is 11.7. The fourth-order valence-electron chi connectivity index (χ4n) is 5.29. The molecule has 0 saturated heterocycles. The number of para-hydroxylation sites is 1. The number of aromatic nitrogens is 6. The number of aromatic amines is 1. The minimum Gasteiger partial charge on any atom is -0.496 e. The third-order valence-electron chi connectivity index (χ3n) is 7.01. The van der Waals surface area contributed by atoms with E-state index in [0.29, 0.717) is 28.9 Å². The average Bonchev–Trinajstić information content (AvgIpc) is 3.58. The fourth-order valence-corrected chi connectivity index (χ4v) is 5.29. The number of methoxy groups -OCH3 is 1. The van der Waals surface area contributed by atoms with Crippen LogP contribution in [0.25, 0.3) is 33.5 Å². The summed E-state index contributed by atoms with van der Waals surface area (Å²) in [6.45, 7) is 2.44. The minimum absolute atomic E-state index is 0.0621. The normalized spacial score (nSPS) is 18.6. The Balaban J connectivity index is 1.48. The lowest BCUT2D eigenvalue weighted by Crippen LogP contribution is -2.32. The Bertz CT molecular complexity index is 1540. The van der Waals surface area contributed by atoms with Crippen molar-refractivity contribution < 1.29 is 9.26 Å². The Morgan fingerprint density at radius 3 is 2.91 bits per heavy atom. The van der Waals surface area contributed by atoms with Gasteiger partial charge >= 0.3 is 5.69 Å². The lowest BCUT2D eigenvalue weighted by molar-refractivity contribution is 0.256. The maximum atomic E-state index is 13.9. The van der Waals surface area contributed by atoms with Gasteiger partial charge in [-0.25, -0.2) is 9.78 Å². The van der Waals surface area contributed by atoms with Crippen molar-refractivity contribution >= 4 is 22.1 Å². The largest absolute Gasteiger partial charge is 0.496 e. The van der Waals surface area contributed by atoms with Crippen molar-refractivity contribution in [2.75, 3.05) is 7.11 Å². The van der Waals surface area contributed by atoms with E-state index in [0.717, 1.165) is 41.3 Å². The molecule has 6 rings (SSSR count). The molecule has 0 radical (unpaired) electrons. The van der Waals surface area contributed by atoms with Gasteiger partial charge in [-0.2, -0.15) is 4.98 Å². The maximum Gasteiger partial charge on any atom is 0.329 e. The van der Waals surface area contributed by atoms with Gasteiger partial charge in [-0.1, -0.05) is 37.1 Å². The third-order valence-corrected chi connectivity index (χ3v) is 7.01. The molecule has 2 atom stereocenters. The van der Waals surface area contributed by atoms with Crippen LogP contribution >= 0.6 is 0 Å². The van der Waals surface area contributed by atoms with Gasteiger partial charge < -0.3 is 14.2 Å². The number of ether oxygens (including phenoxy) is 1. The first-order valence-electron chi connectivity index (χ1n) is 11.7. The summed E-state index contributed by atoms with van der Waals surface area (Å²) in [5, 5.41) is 5.12. The summed E-state index contributed by atoms with van der Waals surface area (Å²) in [4.78, 5) is 26.2. The van der Waals surface area contributed by atoms with Crippen LogP contribution in [0.5, 0.6) is 5.75 Å². The Morgan fingerprint density at radius 2 is 2.06 bits per heavy atom. The molecule has 0 bridgehead atoms. The van der Waals surface area contributed by atoms with Gasteiger partial charge in [0.25, 0.3) is 5.89 Å². The van der Waals surface area contributed by atoms with Crippen LogP contribution in [-0.2, 0) is 6.54 Å². The van der Waals surface area contributed by atoms with E-state index in [9.17, 15) is 4.79 Å². The second kappa shape index (κ2) is 8.16. The molecule has 1 aromatic carbocycles. The first kappa shape index (κ1) is 20.7. The molecule has 0 amide bonds. The summed E-state index contributed by atoms with van der Waals surface area (Å²) in [6, 6.07) is 9.63. The van der Waals surface area contributed by atoms with E-state index < -0.39 is 0 Å². The fraction of sp³-hybridized carbons (Fsp3) is 0.360. The number of benzene rings is 1. The molecule has 1 aliphatic rings. The van der Waals surface area contributed by atoms with E-state index >= 15 is 0 Å². The zero-order valence-corrected chi connectivity index (χ0v) is 19.2. The van der Waals surface area contributed by atoms with Crippen LogP contribution in [0, 0.1) is 5.92 Å². The lowest BCUT2D eigenvalue weighted by Gasteiger charge is -2.29. The number of hydrogen-bond acceptors (Lipinski definition) is 6. The summed E-state index contributed by atoms with van der Waals surface area (Å²) in [6.07, 6.45) is 8.09. The van der Waals surface area contributed by atoms with Crippen molar-refractivity contribution in [2.24, 2.45) is 5.92 Å². The average molecular weight is 459 g/mol. The van der Waals surface area contributed by atoms with Gasteiger partial charge in [0.15, 0.2) is 5.82 Å². The molecule has 9 nitrogen and oxygen atoms in total. The zero-order chi connectivity index (χ0) is 23.2. The molecule has 1 saturated carbocycles. The van der Waals surface area contributed by atoms with E-state index in [4.69, 9.17) is 9.26 Å². The molecule has 1 fully saturated rings. The monoisotopic (exact) mass is 458 g/mol. The highest BCUT2D eigenvalue weighted by Gasteiger charge is 2.29. The molecule has 9 heteroatoms. The Hall–Kier alpha value is -3.88. The number of hydrogen-bond donors (Lipinski definition) is 1. The summed E-state index contributed by atoms with van der Waals surface area (Å²) in [5.41, 5.74) is 3.12. The Morgan fingerprint density at radius 1 is 1.21 bits per heavy atom. The molecule has 5 aromatic rings. The van der Waals surface area contributed by atoms with Gasteiger partial charge in [-0.15, -0.1) is 0 Å². The molecule has 0 spiro atoms. The number of rotatable bonds is 5. The molecule has 1 N–H and O–H groups in total. The molecular formula is C25H26N6O3. The molecule has 0 unspecified atom stereocenters. The smallest absolute Gasteiger partial charge is 0.329 e. The molecule has 0 aliphatic heterocycles. The SMILES string of the molecule is COc1ccccc1-c1nc(Cn2c(=O)n([C@H]3CCCC[C@H]3C)c3c4cc[nH]c4ncc32)no1. The minimum atomic E-state index is -0.0621. The van der Waals surface area contributed by atoms with Gasteiger partial charge in [0, 0.05) is 17.6 Å². The number of fused-ring (bicyclic) bond motifs is 3. The molecule has 34 heavy (non-hydrogen) atoms. The zero-order valence-electron chi connectivity index (χ0n) is 19.2. The van der Waals surface area contributed by atoms with Gasteiger partial charge in [0.1, 0.15) is 11.4 Å². The van der Waals surface area contributed by atoms with Crippen molar-refractivity contribution in [1.82, 2.24) is 29.2 Å². The molecular weight excluding hydrogens is 432 g/mol. The number of pyridine rings is 1. The van der Waals surface area contributed by atoms with Crippen molar-refractivity contribution in [3.8, 4) is 17.2 Å². The van der Waals surface area contributed by atoms with E-state index in [1.807, 2.05) is 41.1 Å². The first-order chi connectivity index (χ1) is 16.7. The summed E-state index contributed by atoms with van der Waals surface area (Å²) < 4.78 is 14.7. The van der Waals surface area contributed by atoms with Crippen molar-refractivity contribution in [2.45, 2.75) is 45.2 Å². The van der Waals surface area contributed by atoms with E-state index in [1.54, 1.807) is 17.9 Å². The van der Waals surface area contributed by atoms with Crippen LogP contribution in [0.4, 0.5) is 0 Å². The molecule has 1 aliphatic carbocycles. The second-order valence-corrected chi connectivity index (χ2v) is 9.02. The van der Waals surface area contributed by atoms with Crippen LogP contribution in [0.1, 0.15) is 44.5 Å². The lowest BCUT2D eigenvalue weighted by atomic mass is 9.85. The van der Waals surface area contributed by atoms with Crippen LogP contribution in [-0.4, -0.2) is 36.4 Å². The van der Waals surface area contributed by atoms with Gasteiger partial charge in [-0.05, 0) is 37.0 Å². The Labute approximate surface area is 195 Å². The highest BCUT2D eigenvalue weighted by Crippen LogP contribution is 2.36. The molecule has 4 heterocycles. The number of nitrogens with zero attached hydrogens (tertiary/aromatic N) is 5. The van der Waals surface area contributed by atoms with E-state index in [2.05, 4.69) is 27.0 Å². The maximum absolute atomic E-state index is 13.9. The van der Waals surface area contributed by atoms with Crippen molar-refractivity contribution in [1.29, 1.82) is 0 Å². The Kier molecular flexibility index (Phi) is 4.97. The van der Waals surface area contributed by atoms with Crippen molar-refractivity contribution in [3.63, 3.8) is 0 Å². The quantitative estimate of drug-likeness (QED) is 0.415. The predicted molar refractivity (Wildman–Crippen MR) is 128 cm³/mol. The number of nitrogens with one attached hydrogen (secondary N) is 1. The highest BCUT2D eigenvalue weighted by molar-refractivity contribution is 6.01. The van der Waals surface area contributed by atoms with E-state index in [-0.39, 0.29) is 18.3 Å². The second-order valence-electron chi connectivity index (χ2n) is 9.02. The third kappa shape index (κ3) is 3.22. The number of H-pyrrole nitrogens is 1. The molecule has 174 valence electrons. The van der Waals surface area contributed by atoms with Crippen LogP contribution in [0.2, 0.25) is 0 Å². The van der Waals surface area contributed by atoms with Crippen LogP contribution < -0.4 is 10.4 Å². The van der Waals surface area contributed by atoms with Crippen molar-refractivity contribution in [3.05, 3.63) is 59.0 Å². The number of imidazole rings is 1. The highest BCUT2D eigenvalue weighted by atomic mass is 16.5. The standard InChI is InChI=1S/C25H26N6O3/c1-15-7-3-5-9-18(15)31-22-17-11-12-26-23(17)27-13-19(22)30(25(31)32)14-21-28-24(34-29-21)16-8-4-6-10-20(16)33-2/h4,6,8,10-13,15,18H,3,5,7,9,14H2,1-2H3,(H,26,27)/t15-,18+/m1/s1. The van der Waals surface area contributed by atoms with Gasteiger partial charge in [0.05, 0.1) is 36.4 Å². The van der Waals surface area contributed by atoms with Gasteiger partial charge in [-0.3, -0.25) is 9.13 Å². The summed E-state index contributed by atoms with van der Waals surface area (Å²) >= 11 is 0. The summed E-state index contributed by atoms with van der Waals surface area (Å²) in [7, 11) is 1.60. The summed E-state index contributed by atoms with van der Waals surface area (Å²) in [5.74, 6) is 1.86. The van der Waals surface area contributed by atoms with Gasteiger partial charge in [0.2, 0.25) is 0 Å². The topological polar surface area (TPSA) is 104 Å². The van der Waals surface area contributed by atoms with E-state index in [1.165, 1.54) is 6.42 Å². The predicted octanol–water partition coefficient (Wildman–Crippen LogP) is 4.54. The van der Waals surface area contributed by atoms with Crippen LogP contribution in [0.15, 0.2) is 52.0 Å². The molecule has 4 aromatic heterocycles.